The SMILES string of the molecule is CCN1CCCC[C@@H]1CNC(=O)N1CCN(c2cccnc2)CC1. The Labute approximate surface area is 144 Å². The van der Waals surface area contributed by atoms with E-state index in [-0.39, 0.29) is 6.03 Å². The number of anilines is 1. The molecule has 0 spiro atoms. The molecule has 0 bridgehead atoms. The van der Waals surface area contributed by atoms with Crippen molar-refractivity contribution in [3.05, 3.63) is 24.5 Å². The molecule has 132 valence electrons. The molecule has 24 heavy (non-hydrogen) atoms. The number of pyridine rings is 1. The molecule has 0 saturated carbocycles. The molecule has 1 aromatic rings. The van der Waals surface area contributed by atoms with Crippen LogP contribution in [0, 0.1) is 0 Å². The number of carbonyl (C=O) groups is 1. The number of likely N-dealkylation sites (tertiary alicyclic amines) is 1. The third-order valence-electron chi connectivity index (χ3n) is 5.22. The van der Waals surface area contributed by atoms with Crippen molar-refractivity contribution in [1.29, 1.82) is 0 Å². The lowest BCUT2D eigenvalue weighted by Crippen LogP contribution is -2.54. The summed E-state index contributed by atoms with van der Waals surface area (Å²) in [5.41, 5.74) is 1.14. The van der Waals surface area contributed by atoms with Crippen LogP contribution in [0.3, 0.4) is 0 Å². The number of piperazine rings is 1. The summed E-state index contributed by atoms with van der Waals surface area (Å²) in [5.74, 6) is 0. The maximum atomic E-state index is 12.4. The smallest absolute Gasteiger partial charge is 0.317 e. The summed E-state index contributed by atoms with van der Waals surface area (Å²) in [5, 5.41) is 3.16. The minimum atomic E-state index is 0.0856. The first kappa shape index (κ1) is 17.0. The summed E-state index contributed by atoms with van der Waals surface area (Å²) in [6.07, 6.45) is 7.44. The van der Waals surface area contributed by atoms with Crippen molar-refractivity contribution < 1.29 is 4.79 Å². The molecule has 0 aromatic carbocycles. The summed E-state index contributed by atoms with van der Waals surface area (Å²) >= 11 is 0. The van der Waals surface area contributed by atoms with Gasteiger partial charge in [-0.15, -0.1) is 0 Å². The van der Waals surface area contributed by atoms with Crippen LogP contribution in [0.1, 0.15) is 26.2 Å². The van der Waals surface area contributed by atoms with Gasteiger partial charge in [0.25, 0.3) is 0 Å². The van der Waals surface area contributed by atoms with Crippen LogP contribution in [0.5, 0.6) is 0 Å². The second-order valence-corrected chi connectivity index (χ2v) is 6.65. The molecule has 1 N–H and O–H groups in total. The van der Waals surface area contributed by atoms with Gasteiger partial charge in [0.15, 0.2) is 0 Å². The highest BCUT2D eigenvalue weighted by molar-refractivity contribution is 5.74. The quantitative estimate of drug-likeness (QED) is 0.914. The number of nitrogens with zero attached hydrogens (tertiary/aromatic N) is 4. The van der Waals surface area contributed by atoms with E-state index >= 15 is 0 Å². The minimum Gasteiger partial charge on any atom is -0.367 e. The van der Waals surface area contributed by atoms with E-state index in [9.17, 15) is 4.79 Å². The molecule has 1 atom stereocenters. The highest BCUT2D eigenvalue weighted by Crippen LogP contribution is 2.16. The average molecular weight is 331 g/mol. The van der Waals surface area contributed by atoms with Crippen LogP contribution in [-0.2, 0) is 0 Å². The number of hydrogen-bond donors (Lipinski definition) is 1. The maximum absolute atomic E-state index is 12.4. The van der Waals surface area contributed by atoms with Gasteiger partial charge in [0.2, 0.25) is 0 Å². The molecule has 0 unspecified atom stereocenters. The highest BCUT2D eigenvalue weighted by Gasteiger charge is 2.24. The van der Waals surface area contributed by atoms with Crippen molar-refractivity contribution in [3.63, 3.8) is 0 Å². The Morgan fingerprint density at radius 2 is 2.08 bits per heavy atom. The average Bonchev–Trinajstić information content (AvgIpc) is 2.67. The van der Waals surface area contributed by atoms with Gasteiger partial charge >= 0.3 is 6.03 Å². The van der Waals surface area contributed by atoms with Gasteiger partial charge in [-0.2, -0.15) is 0 Å². The van der Waals surface area contributed by atoms with Gasteiger partial charge in [-0.3, -0.25) is 9.88 Å². The third kappa shape index (κ3) is 4.17. The van der Waals surface area contributed by atoms with Crippen molar-refractivity contribution in [2.24, 2.45) is 0 Å². The number of nitrogens with one attached hydrogen (secondary N) is 1. The summed E-state index contributed by atoms with van der Waals surface area (Å²) in [6, 6.07) is 4.62. The van der Waals surface area contributed by atoms with Crippen molar-refractivity contribution in [1.82, 2.24) is 20.1 Å². The van der Waals surface area contributed by atoms with E-state index in [0.717, 1.165) is 45.0 Å². The predicted octanol–water partition coefficient (Wildman–Crippen LogP) is 1.79. The van der Waals surface area contributed by atoms with Gasteiger partial charge in [-0.25, -0.2) is 4.79 Å². The molecule has 2 fully saturated rings. The lowest BCUT2D eigenvalue weighted by molar-refractivity contribution is 0.147. The van der Waals surface area contributed by atoms with Gasteiger partial charge in [-0.1, -0.05) is 13.3 Å². The van der Waals surface area contributed by atoms with E-state index in [0.29, 0.717) is 6.04 Å². The van der Waals surface area contributed by atoms with Crippen LogP contribution in [-0.4, -0.2) is 72.7 Å². The van der Waals surface area contributed by atoms with Crippen molar-refractivity contribution in [3.8, 4) is 0 Å². The number of urea groups is 1. The third-order valence-corrected chi connectivity index (χ3v) is 5.22. The van der Waals surface area contributed by atoms with Crippen LogP contribution in [0.2, 0.25) is 0 Å². The van der Waals surface area contributed by atoms with Gasteiger partial charge in [0, 0.05) is 45.0 Å². The Kier molecular flexibility index (Phi) is 5.91. The highest BCUT2D eigenvalue weighted by atomic mass is 16.2. The first-order chi connectivity index (χ1) is 11.8. The summed E-state index contributed by atoms with van der Waals surface area (Å²) in [4.78, 5) is 23.3. The number of piperidine rings is 1. The molecule has 0 radical (unpaired) electrons. The second kappa shape index (κ2) is 8.33. The van der Waals surface area contributed by atoms with Gasteiger partial charge < -0.3 is 15.1 Å². The number of hydrogen-bond acceptors (Lipinski definition) is 4. The zero-order chi connectivity index (χ0) is 16.8. The molecule has 3 heterocycles. The molecule has 6 nitrogen and oxygen atoms in total. The molecule has 2 aliphatic rings. The van der Waals surface area contributed by atoms with E-state index in [1.165, 1.54) is 25.8 Å². The monoisotopic (exact) mass is 331 g/mol. The molecular formula is C18H29N5O. The molecule has 2 amide bonds. The molecule has 2 saturated heterocycles. The van der Waals surface area contributed by atoms with Gasteiger partial charge in [-0.05, 0) is 38.1 Å². The zero-order valence-electron chi connectivity index (χ0n) is 14.7. The van der Waals surface area contributed by atoms with Crippen molar-refractivity contribution >= 4 is 11.7 Å². The first-order valence-electron chi connectivity index (χ1n) is 9.19. The Balaban J connectivity index is 1.43. The van der Waals surface area contributed by atoms with Crippen molar-refractivity contribution in [2.45, 2.75) is 32.2 Å². The van der Waals surface area contributed by atoms with E-state index < -0.39 is 0 Å². The van der Waals surface area contributed by atoms with E-state index in [4.69, 9.17) is 0 Å². The molecule has 6 heteroatoms. The number of amides is 2. The van der Waals surface area contributed by atoms with E-state index in [1.54, 1.807) is 6.20 Å². The summed E-state index contributed by atoms with van der Waals surface area (Å²) in [6.45, 7) is 8.48. The Hall–Kier alpha value is -1.82. The molecule has 2 aliphatic heterocycles. The lowest BCUT2D eigenvalue weighted by atomic mass is 10.0. The van der Waals surface area contributed by atoms with Crippen molar-refractivity contribution in [2.75, 3.05) is 50.7 Å². The maximum Gasteiger partial charge on any atom is 0.317 e. The zero-order valence-corrected chi connectivity index (χ0v) is 14.7. The number of aromatic nitrogens is 1. The Morgan fingerprint density at radius 3 is 2.79 bits per heavy atom. The van der Waals surface area contributed by atoms with Gasteiger partial charge in [0.05, 0.1) is 11.9 Å². The molecule has 3 rings (SSSR count). The second-order valence-electron chi connectivity index (χ2n) is 6.65. The molecule has 1 aromatic heterocycles. The van der Waals surface area contributed by atoms with Crippen LogP contribution >= 0.6 is 0 Å². The normalized spacial score (nSPS) is 22.5. The number of rotatable bonds is 4. The fourth-order valence-corrected chi connectivity index (χ4v) is 3.73. The molecular weight excluding hydrogens is 302 g/mol. The topological polar surface area (TPSA) is 51.7 Å². The van der Waals surface area contributed by atoms with E-state index in [2.05, 4.69) is 33.1 Å². The van der Waals surface area contributed by atoms with Gasteiger partial charge in [0.1, 0.15) is 0 Å². The standard InChI is InChI=1S/C18H29N5O/c1-2-21-9-4-3-6-17(21)15-20-18(24)23-12-10-22(11-13-23)16-7-5-8-19-14-16/h5,7-8,14,17H,2-4,6,9-13,15H2,1H3,(H,20,24)/t17-/m1/s1. The first-order valence-corrected chi connectivity index (χ1v) is 9.19. The molecule has 0 aliphatic carbocycles. The van der Waals surface area contributed by atoms with E-state index in [1.807, 2.05) is 17.2 Å². The Bertz CT molecular complexity index is 515. The minimum absolute atomic E-state index is 0.0856. The lowest BCUT2D eigenvalue weighted by Gasteiger charge is -2.37. The predicted molar refractivity (Wildman–Crippen MR) is 96.3 cm³/mol. The van der Waals surface area contributed by atoms with Crippen LogP contribution in [0.15, 0.2) is 24.5 Å². The fourth-order valence-electron chi connectivity index (χ4n) is 3.73. The number of likely N-dealkylation sites (N-methyl/N-ethyl adjacent to an activating group) is 1. The van der Waals surface area contributed by atoms with Crippen LogP contribution < -0.4 is 10.2 Å². The number of carbonyl (C=O) groups excluding carboxylic acids is 1. The largest absolute Gasteiger partial charge is 0.367 e. The van der Waals surface area contributed by atoms with Crippen LogP contribution in [0.4, 0.5) is 10.5 Å². The summed E-state index contributed by atoms with van der Waals surface area (Å²) < 4.78 is 0. The Morgan fingerprint density at radius 1 is 1.25 bits per heavy atom. The summed E-state index contributed by atoms with van der Waals surface area (Å²) in [7, 11) is 0. The van der Waals surface area contributed by atoms with Crippen LogP contribution in [0.25, 0.3) is 0 Å². The fraction of sp³-hybridized carbons (Fsp3) is 0.667.